The van der Waals surface area contributed by atoms with Crippen molar-refractivity contribution in [2.24, 2.45) is 5.92 Å². The number of hydrogen-bond acceptors (Lipinski definition) is 6. The van der Waals surface area contributed by atoms with Crippen molar-refractivity contribution in [3.05, 3.63) is 66.9 Å². The Balaban J connectivity index is 1.25. The first-order chi connectivity index (χ1) is 19.5. The molecule has 1 aliphatic carbocycles. The molecule has 1 saturated carbocycles. The highest BCUT2D eigenvalue weighted by Crippen LogP contribution is 2.34. The molecule has 5 heterocycles. The van der Waals surface area contributed by atoms with E-state index in [2.05, 4.69) is 35.5 Å². The Kier molecular flexibility index (Phi) is 5.84. The van der Waals surface area contributed by atoms with Crippen LogP contribution in [0.5, 0.6) is 0 Å². The number of aromatic amines is 2. The van der Waals surface area contributed by atoms with Gasteiger partial charge in [-0.2, -0.15) is 5.10 Å². The molecule has 0 bridgehead atoms. The molecule has 5 aromatic heterocycles. The lowest BCUT2D eigenvalue weighted by atomic mass is 9.88. The molecule has 40 heavy (non-hydrogen) atoms. The van der Waals surface area contributed by atoms with Crippen LogP contribution in [0.4, 0.5) is 10.1 Å². The van der Waals surface area contributed by atoms with E-state index in [-0.39, 0.29) is 11.8 Å². The summed E-state index contributed by atoms with van der Waals surface area (Å²) in [5.74, 6) is 0.751. The summed E-state index contributed by atoms with van der Waals surface area (Å²) < 4.78 is 17.1. The van der Waals surface area contributed by atoms with E-state index in [1.165, 1.54) is 12.5 Å². The van der Waals surface area contributed by atoms with Crippen LogP contribution in [0.2, 0.25) is 0 Å². The molecular weight excluding hydrogens is 509 g/mol. The fraction of sp³-hybridized carbons (Fsp3) is 0.241. The van der Waals surface area contributed by atoms with Gasteiger partial charge in [0, 0.05) is 47.1 Å². The van der Waals surface area contributed by atoms with Crippen molar-refractivity contribution < 1.29 is 9.18 Å². The number of nitrogens with one attached hydrogen (secondary N) is 3. The molecule has 0 unspecified atom stereocenters. The van der Waals surface area contributed by atoms with Gasteiger partial charge in [-0.05, 0) is 38.0 Å². The summed E-state index contributed by atoms with van der Waals surface area (Å²) in [6.07, 6.45) is 13.6. The minimum Gasteiger partial charge on any atom is -0.336 e. The zero-order chi connectivity index (χ0) is 27.2. The lowest BCUT2D eigenvalue weighted by Crippen LogP contribution is -2.24. The Morgan fingerprint density at radius 2 is 1.98 bits per heavy atom. The van der Waals surface area contributed by atoms with E-state index in [4.69, 9.17) is 4.98 Å². The highest BCUT2D eigenvalue weighted by molar-refractivity contribution is 5.97. The number of aromatic nitrogens is 8. The van der Waals surface area contributed by atoms with Crippen molar-refractivity contribution >= 4 is 33.5 Å². The quantitative estimate of drug-likeness (QED) is 0.259. The Morgan fingerprint density at radius 3 is 2.80 bits per heavy atom. The minimum atomic E-state index is -0.424. The van der Waals surface area contributed by atoms with E-state index >= 15 is 4.39 Å². The van der Waals surface area contributed by atoms with Crippen molar-refractivity contribution in [3.8, 4) is 28.5 Å². The van der Waals surface area contributed by atoms with Gasteiger partial charge in [0.05, 0.1) is 28.6 Å². The zero-order valence-corrected chi connectivity index (χ0v) is 21.8. The minimum absolute atomic E-state index is 0.00343. The first-order valence-corrected chi connectivity index (χ1v) is 13.3. The lowest BCUT2D eigenvalue weighted by Gasteiger charge is -2.20. The predicted molar refractivity (Wildman–Crippen MR) is 149 cm³/mol. The molecule has 0 atom stereocenters. The second-order valence-electron chi connectivity index (χ2n) is 10.3. The molecule has 1 aliphatic rings. The summed E-state index contributed by atoms with van der Waals surface area (Å²) in [4.78, 5) is 34.0. The molecule has 7 rings (SSSR count). The molecule has 0 radical (unpaired) electrons. The molecule has 1 amide bonds. The first kappa shape index (κ1) is 24.1. The number of hydrogen-bond donors (Lipinski definition) is 3. The Morgan fingerprint density at radius 1 is 1.10 bits per heavy atom. The Hall–Kier alpha value is -4.93. The summed E-state index contributed by atoms with van der Waals surface area (Å²) in [6, 6.07) is 6.75. The van der Waals surface area contributed by atoms with Crippen LogP contribution in [0.15, 0.2) is 55.4 Å². The number of carbonyl (C=O) groups is 1. The number of H-pyrrole nitrogens is 2. The number of anilines is 1. The van der Waals surface area contributed by atoms with Gasteiger partial charge in [-0.25, -0.2) is 19.3 Å². The van der Waals surface area contributed by atoms with E-state index in [0.29, 0.717) is 50.6 Å². The first-order valence-electron chi connectivity index (χ1n) is 13.3. The number of nitrogens with zero attached hydrogens (tertiary/aromatic N) is 6. The average Bonchev–Trinajstić information content (AvgIpc) is 3.70. The fourth-order valence-electron chi connectivity index (χ4n) is 5.46. The third-order valence-corrected chi connectivity index (χ3v) is 7.51. The van der Waals surface area contributed by atoms with Crippen LogP contribution in [-0.4, -0.2) is 45.6 Å². The number of fused-ring (bicyclic) bond motifs is 2. The SMILES string of the molecule is Cc1cn(-c2nccc3[nH]c(-c4n[nH]c5cc(F)c(-c6cncc(NC(=O)C7CCCCC7)c6)cc45)nc23)cn1. The second kappa shape index (κ2) is 9.67. The fourth-order valence-corrected chi connectivity index (χ4v) is 5.46. The van der Waals surface area contributed by atoms with E-state index < -0.39 is 5.82 Å². The normalized spacial score (nSPS) is 14.2. The van der Waals surface area contributed by atoms with Crippen molar-refractivity contribution in [1.82, 2.24) is 39.7 Å². The number of pyridine rings is 2. The standard InChI is InChI=1S/C29H26FN9O/c1-16-14-39(15-33-16)28-26-23(7-8-32-28)35-27(36-26)25-21-10-20(22(30)11-24(21)37-38-25)18-9-19(13-31-12-18)34-29(40)17-5-3-2-4-6-17/h7-15,17H,2-6H2,1H3,(H,34,40)(H,35,36)(H,37,38). The third-order valence-electron chi connectivity index (χ3n) is 7.51. The molecule has 10 nitrogen and oxygen atoms in total. The van der Waals surface area contributed by atoms with Gasteiger partial charge in [0.2, 0.25) is 5.91 Å². The smallest absolute Gasteiger partial charge is 0.227 e. The van der Waals surface area contributed by atoms with Crippen molar-refractivity contribution in [2.75, 3.05) is 5.32 Å². The van der Waals surface area contributed by atoms with Crippen LogP contribution in [0.3, 0.4) is 0 Å². The molecule has 200 valence electrons. The Labute approximate surface area is 228 Å². The largest absolute Gasteiger partial charge is 0.336 e. The number of imidazole rings is 2. The van der Waals surface area contributed by atoms with Gasteiger partial charge < -0.3 is 10.3 Å². The van der Waals surface area contributed by atoms with Gasteiger partial charge in [-0.15, -0.1) is 0 Å². The lowest BCUT2D eigenvalue weighted by molar-refractivity contribution is -0.120. The van der Waals surface area contributed by atoms with Gasteiger partial charge in [0.25, 0.3) is 0 Å². The predicted octanol–water partition coefficient (Wildman–Crippen LogP) is 5.72. The highest BCUT2D eigenvalue weighted by Gasteiger charge is 2.22. The molecule has 0 spiro atoms. The summed E-state index contributed by atoms with van der Waals surface area (Å²) in [5, 5.41) is 11.0. The van der Waals surface area contributed by atoms with Gasteiger partial charge in [-0.3, -0.25) is 19.4 Å². The van der Waals surface area contributed by atoms with Crippen LogP contribution >= 0.6 is 0 Å². The second-order valence-corrected chi connectivity index (χ2v) is 10.3. The number of amides is 1. The molecule has 11 heteroatoms. The summed E-state index contributed by atoms with van der Waals surface area (Å²) in [5.41, 5.74) is 4.87. The topological polar surface area (TPSA) is 130 Å². The van der Waals surface area contributed by atoms with Gasteiger partial charge in [0.1, 0.15) is 23.4 Å². The van der Waals surface area contributed by atoms with Gasteiger partial charge >= 0.3 is 0 Å². The third kappa shape index (κ3) is 4.29. The Bertz CT molecular complexity index is 1880. The van der Waals surface area contributed by atoms with Crippen LogP contribution in [0, 0.1) is 18.7 Å². The molecule has 6 aromatic rings. The van der Waals surface area contributed by atoms with E-state index in [1.54, 1.807) is 37.1 Å². The summed E-state index contributed by atoms with van der Waals surface area (Å²) in [6.45, 7) is 1.91. The summed E-state index contributed by atoms with van der Waals surface area (Å²) >= 11 is 0. The number of carbonyl (C=O) groups excluding carboxylic acids is 1. The number of rotatable bonds is 5. The van der Waals surface area contributed by atoms with Crippen molar-refractivity contribution in [1.29, 1.82) is 0 Å². The molecular formula is C29H26FN9O. The monoisotopic (exact) mass is 535 g/mol. The maximum atomic E-state index is 15.3. The molecule has 1 aromatic carbocycles. The van der Waals surface area contributed by atoms with E-state index in [9.17, 15) is 4.79 Å². The summed E-state index contributed by atoms with van der Waals surface area (Å²) in [7, 11) is 0. The van der Waals surface area contributed by atoms with E-state index in [0.717, 1.165) is 36.9 Å². The van der Waals surface area contributed by atoms with Crippen molar-refractivity contribution in [2.45, 2.75) is 39.0 Å². The molecule has 0 aliphatic heterocycles. The average molecular weight is 536 g/mol. The molecule has 0 saturated heterocycles. The van der Waals surface area contributed by atoms with Crippen LogP contribution in [-0.2, 0) is 4.79 Å². The van der Waals surface area contributed by atoms with Gasteiger partial charge in [-0.1, -0.05) is 19.3 Å². The van der Waals surface area contributed by atoms with Crippen LogP contribution < -0.4 is 5.32 Å². The maximum Gasteiger partial charge on any atom is 0.227 e. The highest BCUT2D eigenvalue weighted by atomic mass is 19.1. The molecule has 1 fully saturated rings. The van der Waals surface area contributed by atoms with E-state index in [1.807, 2.05) is 23.8 Å². The number of benzene rings is 1. The van der Waals surface area contributed by atoms with Crippen LogP contribution in [0.1, 0.15) is 37.8 Å². The zero-order valence-electron chi connectivity index (χ0n) is 21.8. The van der Waals surface area contributed by atoms with Crippen LogP contribution in [0.25, 0.3) is 50.4 Å². The number of aryl methyl sites for hydroxylation is 1. The number of halogens is 1. The maximum absolute atomic E-state index is 15.3. The molecule has 3 N–H and O–H groups in total. The van der Waals surface area contributed by atoms with Gasteiger partial charge in [0.15, 0.2) is 11.6 Å². The van der Waals surface area contributed by atoms with Crippen molar-refractivity contribution in [3.63, 3.8) is 0 Å².